The zero-order valence-corrected chi connectivity index (χ0v) is 13.9. The van der Waals surface area contributed by atoms with Crippen LogP contribution in [0.3, 0.4) is 0 Å². The highest BCUT2D eigenvalue weighted by Gasteiger charge is 2.23. The fourth-order valence-corrected chi connectivity index (χ4v) is 2.93. The molecule has 1 fully saturated rings. The fraction of sp³-hybridized carbons (Fsp3) is 0.389. The topological polar surface area (TPSA) is 58.1 Å². The smallest absolute Gasteiger partial charge is 0.272 e. The minimum absolute atomic E-state index is 0.0609. The number of likely N-dealkylation sites (tertiary alicyclic amines) is 1. The third-order valence-electron chi connectivity index (χ3n) is 4.12. The molecule has 1 aliphatic heterocycles. The molecule has 6 heteroatoms. The molecule has 126 valence electrons. The number of hydrogen-bond acceptors (Lipinski definition) is 4. The van der Waals surface area contributed by atoms with Crippen LogP contribution in [0.25, 0.3) is 0 Å². The maximum absolute atomic E-state index is 13.0. The molecule has 1 aliphatic rings. The van der Waals surface area contributed by atoms with E-state index in [4.69, 9.17) is 0 Å². The van der Waals surface area contributed by atoms with Crippen molar-refractivity contribution in [3.05, 3.63) is 47.5 Å². The van der Waals surface area contributed by atoms with Gasteiger partial charge in [0, 0.05) is 24.5 Å². The molecule has 0 saturated carbocycles. The van der Waals surface area contributed by atoms with Crippen molar-refractivity contribution in [3.63, 3.8) is 0 Å². The summed E-state index contributed by atoms with van der Waals surface area (Å²) in [6.45, 7) is 5.52. The molecule has 24 heavy (non-hydrogen) atoms. The molecule has 1 unspecified atom stereocenters. The van der Waals surface area contributed by atoms with Gasteiger partial charge >= 0.3 is 0 Å². The molecule has 1 saturated heterocycles. The maximum Gasteiger partial charge on any atom is 0.272 e. The van der Waals surface area contributed by atoms with Crippen LogP contribution < -0.4 is 5.32 Å². The standard InChI is InChI=1S/C18H21FN4O/c1-12-4-3-9-23(11-12)17(24)16-10-13(2)20-18(22-16)21-15-7-5-14(19)6-8-15/h5-8,10,12H,3-4,9,11H2,1-2H3,(H,20,21,22). The van der Waals surface area contributed by atoms with Crippen LogP contribution in [0.15, 0.2) is 30.3 Å². The van der Waals surface area contributed by atoms with Crippen LogP contribution in [-0.2, 0) is 0 Å². The minimum atomic E-state index is -0.305. The fourth-order valence-electron chi connectivity index (χ4n) is 2.93. The molecule has 2 aromatic rings. The lowest BCUT2D eigenvalue weighted by Gasteiger charge is -2.30. The van der Waals surface area contributed by atoms with Crippen LogP contribution in [-0.4, -0.2) is 33.9 Å². The van der Waals surface area contributed by atoms with Crippen LogP contribution in [0.2, 0.25) is 0 Å². The van der Waals surface area contributed by atoms with Crippen LogP contribution in [0.1, 0.15) is 35.9 Å². The molecule has 0 radical (unpaired) electrons. The molecular formula is C18H21FN4O. The highest BCUT2D eigenvalue weighted by molar-refractivity contribution is 5.92. The molecule has 5 nitrogen and oxygen atoms in total. The zero-order chi connectivity index (χ0) is 17.1. The summed E-state index contributed by atoms with van der Waals surface area (Å²) in [4.78, 5) is 23.2. The number of carbonyl (C=O) groups excluding carboxylic acids is 1. The summed E-state index contributed by atoms with van der Waals surface area (Å²) in [5.74, 6) is 0.493. The van der Waals surface area contributed by atoms with Gasteiger partial charge in [-0.3, -0.25) is 4.79 Å². The van der Waals surface area contributed by atoms with Crippen molar-refractivity contribution in [1.29, 1.82) is 0 Å². The first kappa shape index (κ1) is 16.4. The van der Waals surface area contributed by atoms with Gasteiger partial charge in [0.1, 0.15) is 11.5 Å². The second-order valence-corrected chi connectivity index (χ2v) is 6.35. The first-order valence-electron chi connectivity index (χ1n) is 8.19. The van der Waals surface area contributed by atoms with E-state index in [-0.39, 0.29) is 11.7 Å². The molecule has 1 atom stereocenters. The number of hydrogen-bond donors (Lipinski definition) is 1. The Balaban J connectivity index is 1.80. The average Bonchev–Trinajstić information content (AvgIpc) is 2.56. The number of rotatable bonds is 3. The Morgan fingerprint density at radius 3 is 2.75 bits per heavy atom. The normalized spacial score (nSPS) is 17.6. The molecule has 1 aromatic carbocycles. The van der Waals surface area contributed by atoms with Gasteiger partial charge < -0.3 is 10.2 Å². The van der Waals surface area contributed by atoms with E-state index in [9.17, 15) is 9.18 Å². The summed E-state index contributed by atoms with van der Waals surface area (Å²) in [5, 5.41) is 3.02. The number of piperidine rings is 1. The van der Waals surface area contributed by atoms with Gasteiger partial charge in [-0.15, -0.1) is 0 Å². The lowest BCUT2D eigenvalue weighted by molar-refractivity contribution is 0.0677. The first-order valence-corrected chi connectivity index (χ1v) is 8.19. The van der Waals surface area contributed by atoms with Gasteiger partial charge in [-0.1, -0.05) is 6.92 Å². The van der Waals surface area contributed by atoms with Gasteiger partial charge in [0.15, 0.2) is 0 Å². The van der Waals surface area contributed by atoms with Crippen LogP contribution in [0.5, 0.6) is 0 Å². The third kappa shape index (κ3) is 3.88. The summed E-state index contributed by atoms with van der Waals surface area (Å²) >= 11 is 0. The molecule has 1 N–H and O–H groups in total. The Hall–Kier alpha value is -2.50. The van der Waals surface area contributed by atoms with E-state index in [0.717, 1.165) is 25.9 Å². The summed E-state index contributed by atoms with van der Waals surface area (Å²) in [6.07, 6.45) is 2.18. The quantitative estimate of drug-likeness (QED) is 0.936. The van der Waals surface area contributed by atoms with Gasteiger partial charge in [0.25, 0.3) is 5.91 Å². The number of nitrogens with zero attached hydrogens (tertiary/aromatic N) is 3. The minimum Gasteiger partial charge on any atom is -0.337 e. The molecule has 0 bridgehead atoms. The van der Waals surface area contributed by atoms with Gasteiger partial charge in [-0.2, -0.15) is 0 Å². The number of aromatic nitrogens is 2. The second kappa shape index (κ2) is 6.95. The van der Waals surface area contributed by atoms with E-state index in [1.165, 1.54) is 12.1 Å². The molecule has 1 amide bonds. The van der Waals surface area contributed by atoms with Crippen molar-refractivity contribution >= 4 is 17.5 Å². The number of halogens is 1. The Morgan fingerprint density at radius 2 is 2.04 bits per heavy atom. The van der Waals surface area contributed by atoms with E-state index in [1.54, 1.807) is 18.2 Å². The van der Waals surface area contributed by atoms with Gasteiger partial charge in [-0.05, 0) is 56.0 Å². The molecule has 3 rings (SSSR count). The van der Waals surface area contributed by atoms with Crippen LogP contribution in [0.4, 0.5) is 16.0 Å². The SMILES string of the molecule is Cc1cc(C(=O)N2CCCC(C)C2)nc(Nc2ccc(F)cc2)n1. The zero-order valence-electron chi connectivity index (χ0n) is 13.9. The molecule has 0 aliphatic carbocycles. The number of aryl methyl sites for hydroxylation is 1. The Bertz CT molecular complexity index is 732. The largest absolute Gasteiger partial charge is 0.337 e. The predicted octanol–water partition coefficient (Wildman–Crippen LogP) is 3.54. The predicted molar refractivity (Wildman–Crippen MR) is 90.8 cm³/mol. The number of amides is 1. The van der Waals surface area contributed by atoms with Gasteiger partial charge in [0.05, 0.1) is 0 Å². The summed E-state index contributed by atoms with van der Waals surface area (Å²) in [6, 6.07) is 7.64. The lowest BCUT2D eigenvalue weighted by atomic mass is 10.00. The summed E-state index contributed by atoms with van der Waals surface area (Å²) in [7, 11) is 0. The van der Waals surface area contributed by atoms with Crippen LogP contribution >= 0.6 is 0 Å². The third-order valence-corrected chi connectivity index (χ3v) is 4.12. The van der Waals surface area contributed by atoms with Crippen molar-refractivity contribution in [2.75, 3.05) is 18.4 Å². The molecule has 1 aromatic heterocycles. The van der Waals surface area contributed by atoms with Crippen molar-refractivity contribution in [1.82, 2.24) is 14.9 Å². The van der Waals surface area contributed by atoms with E-state index in [0.29, 0.717) is 28.9 Å². The lowest BCUT2D eigenvalue weighted by Crippen LogP contribution is -2.39. The Morgan fingerprint density at radius 1 is 1.29 bits per heavy atom. The number of benzene rings is 1. The van der Waals surface area contributed by atoms with E-state index >= 15 is 0 Å². The summed E-state index contributed by atoms with van der Waals surface area (Å²) in [5.41, 5.74) is 1.77. The van der Waals surface area contributed by atoms with Crippen molar-refractivity contribution in [2.45, 2.75) is 26.7 Å². The van der Waals surface area contributed by atoms with Gasteiger partial charge in [-0.25, -0.2) is 14.4 Å². The Kier molecular flexibility index (Phi) is 4.74. The van der Waals surface area contributed by atoms with Crippen LogP contribution in [0, 0.1) is 18.7 Å². The van der Waals surface area contributed by atoms with E-state index in [1.807, 2.05) is 11.8 Å². The summed E-state index contributed by atoms with van der Waals surface area (Å²) < 4.78 is 13.0. The molecule has 0 spiro atoms. The number of carbonyl (C=O) groups is 1. The average molecular weight is 328 g/mol. The number of nitrogens with one attached hydrogen (secondary N) is 1. The van der Waals surface area contributed by atoms with Crippen molar-refractivity contribution in [3.8, 4) is 0 Å². The molecular weight excluding hydrogens is 307 g/mol. The van der Waals surface area contributed by atoms with E-state index in [2.05, 4.69) is 22.2 Å². The van der Waals surface area contributed by atoms with Crippen molar-refractivity contribution in [2.24, 2.45) is 5.92 Å². The number of anilines is 2. The van der Waals surface area contributed by atoms with Crippen molar-refractivity contribution < 1.29 is 9.18 Å². The molecule has 2 heterocycles. The monoisotopic (exact) mass is 328 g/mol. The van der Waals surface area contributed by atoms with E-state index < -0.39 is 0 Å². The maximum atomic E-state index is 13.0. The highest BCUT2D eigenvalue weighted by atomic mass is 19.1. The highest BCUT2D eigenvalue weighted by Crippen LogP contribution is 2.19. The first-order chi connectivity index (χ1) is 11.5. The Labute approximate surface area is 140 Å². The second-order valence-electron chi connectivity index (χ2n) is 6.35. The van der Waals surface area contributed by atoms with Gasteiger partial charge in [0.2, 0.25) is 5.95 Å².